The second-order valence-electron chi connectivity index (χ2n) is 7.16. The van der Waals surface area contributed by atoms with E-state index in [0.717, 1.165) is 29.7 Å². The summed E-state index contributed by atoms with van der Waals surface area (Å²) in [6.45, 7) is 0.945. The standard InChI is InChI=1S/C22H24N4O4/c1-26-17-10-9-14(24-21(27)15-6-3-4-7-18(15)29-2)12-16(17)25-20(26)13-23-22(28)19-8-5-11-30-19/h3-4,6-7,9-10,12,19H,5,8,11,13H2,1-2H3,(H,23,28)(H,24,27). The summed E-state index contributed by atoms with van der Waals surface area (Å²) in [7, 11) is 3.43. The van der Waals surface area contributed by atoms with E-state index in [4.69, 9.17) is 9.47 Å². The lowest BCUT2D eigenvalue weighted by Gasteiger charge is -2.10. The monoisotopic (exact) mass is 408 g/mol. The van der Waals surface area contributed by atoms with Gasteiger partial charge in [-0.05, 0) is 43.2 Å². The number of benzene rings is 2. The fraction of sp³-hybridized carbons (Fsp3) is 0.318. The third kappa shape index (κ3) is 3.99. The molecule has 1 unspecified atom stereocenters. The zero-order chi connectivity index (χ0) is 21.1. The van der Waals surface area contributed by atoms with Gasteiger partial charge in [0.1, 0.15) is 17.7 Å². The Morgan fingerprint density at radius 3 is 2.87 bits per heavy atom. The maximum Gasteiger partial charge on any atom is 0.259 e. The molecular weight excluding hydrogens is 384 g/mol. The van der Waals surface area contributed by atoms with Crippen LogP contribution in [0.2, 0.25) is 0 Å². The van der Waals surface area contributed by atoms with Crippen LogP contribution in [0.15, 0.2) is 42.5 Å². The number of hydrogen-bond acceptors (Lipinski definition) is 5. The van der Waals surface area contributed by atoms with Crippen LogP contribution < -0.4 is 15.4 Å². The number of hydrogen-bond donors (Lipinski definition) is 2. The van der Waals surface area contributed by atoms with Crippen molar-refractivity contribution in [3.8, 4) is 5.75 Å². The number of ether oxygens (including phenoxy) is 2. The number of nitrogens with one attached hydrogen (secondary N) is 2. The summed E-state index contributed by atoms with van der Waals surface area (Å²) >= 11 is 0. The molecule has 156 valence electrons. The third-order valence-corrected chi connectivity index (χ3v) is 5.23. The van der Waals surface area contributed by atoms with Crippen molar-refractivity contribution in [2.75, 3.05) is 19.0 Å². The van der Waals surface area contributed by atoms with Gasteiger partial charge in [-0.15, -0.1) is 0 Å². The van der Waals surface area contributed by atoms with E-state index in [1.165, 1.54) is 7.11 Å². The molecule has 1 saturated heterocycles. The number of para-hydroxylation sites is 1. The molecule has 2 heterocycles. The minimum Gasteiger partial charge on any atom is -0.496 e. The number of imidazole rings is 1. The second-order valence-corrected chi connectivity index (χ2v) is 7.16. The average Bonchev–Trinajstić information content (AvgIpc) is 3.40. The van der Waals surface area contributed by atoms with Gasteiger partial charge in [-0.25, -0.2) is 4.98 Å². The smallest absolute Gasteiger partial charge is 0.259 e. The molecule has 8 heteroatoms. The van der Waals surface area contributed by atoms with Crippen LogP contribution in [0.3, 0.4) is 0 Å². The van der Waals surface area contributed by atoms with Crippen LogP contribution in [0.4, 0.5) is 5.69 Å². The maximum atomic E-state index is 12.6. The number of carbonyl (C=O) groups excluding carboxylic acids is 2. The van der Waals surface area contributed by atoms with Crippen LogP contribution in [0.25, 0.3) is 11.0 Å². The van der Waals surface area contributed by atoms with Crippen LogP contribution in [-0.2, 0) is 23.1 Å². The Bertz CT molecular complexity index is 1090. The summed E-state index contributed by atoms with van der Waals surface area (Å²) < 4.78 is 12.6. The normalized spacial score (nSPS) is 15.9. The van der Waals surface area contributed by atoms with E-state index in [2.05, 4.69) is 15.6 Å². The molecule has 4 rings (SSSR count). The number of nitrogens with zero attached hydrogens (tertiary/aromatic N) is 2. The molecule has 2 aromatic carbocycles. The Balaban J connectivity index is 1.49. The summed E-state index contributed by atoms with van der Waals surface area (Å²) in [5.41, 5.74) is 2.73. The number of fused-ring (bicyclic) bond motifs is 1. The van der Waals surface area contributed by atoms with Crippen LogP contribution in [-0.4, -0.2) is 41.2 Å². The Morgan fingerprint density at radius 1 is 1.27 bits per heavy atom. The first kappa shape index (κ1) is 19.9. The Hall–Kier alpha value is -3.39. The lowest BCUT2D eigenvalue weighted by atomic mass is 10.2. The third-order valence-electron chi connectivity index (χ3n) is 5.23. The van der Waals surface area contributed by atoms with Crippen molar-refractivity contribution in [1.82, 2.24) is 14.9 Å². The zero-order valence-electron chi connectivity index (χ0n) is 17.0. The van der Waals surface area contributed by atoms with Crippen molar-refractivity contribution in [3.05, 3.63) is 53.9 Å². The highest BCUT2D eigenvalue weighted by atomic mass is 16.5. The van der Waals surface area contributed by atoms with E-state index in [1.807, 2.05) is 35.9 Å². The van der Waals surface area contributed by atoms with Gasteiger partial charge in [-0.2, -0.15) is 0 Å². The van der Waals surface area contributed by atoms with Crippen molar-refractivity contribution in [2.45, 2.75) is 25.5 Å². The Morgan fingerprint density at radius 2 is 2.10 bits per heavy atom. The molecule has 1 aliphatic rings. The molecule has 0 saturated carbocycles. The molecule has 1 atom stereocenters. The van der Waals surface area contributed by atoms with Gasteiger partial charge in [0.25, 0.3) is 5.91 Å². The Labute approximate surface area is 174 Å². The molecule has 30 heavy (non-hydrogen) atoms. The first-order valence-corrected chi connectivity index (χ1v) is 9.86. The molecule has 0 spiro atoms. The lowest BCUT2D eigenvalue weighted by molar-refractivity contribution is -0.130. The van der Waals surface area contributed by atoms with Gasteiger partial charge >= 0.3 is 0 Å². The SMILES string of the molecule is COc1ccccc1C(=O)Nc1ccc2c(c1)nc(CNC(=O)C1CCCO1)n2C. The van der Waals surface area contributed by atoms with E-state index in [9.17, 15) is 9.59 Å². The summed E-state index contributed by atoms with van der Waals surface area (Å²) in [6.07, 6.45) is 1.30. The van der Waals surface area contributed by atoms with Crippen molar-refractivity contribution < 1.29 is 19.1 Å². The molecule has 3 aromatic rings. The molecule has 1 fully saturated rings. The maximum absolute atomic E-state index is 12.6. The van der Waals surface area contributed by atoms with E-state index >= 15 is 0 Å². The predicted octanol–water partition coefficient (Wildman–Crippen LogP) is 2.63. The van der Waals surface area contributed by atoms with Crippen LogP contribution in [0.1, 0.15) is 29.0 Å². The quantitative estimate of drug-likeness (QED) is 0.654. The molecule has 2 amide bonds. The van der Waals surface area contributed by atoms with Gasteiger partial charge in [-0.3, -0.25) is 9.59 Å². The highest BCUT2D eigenvalue weighted by Crippen LogP contribution is 2.23. The number of carbonyl (C=O) groups is 2. The fourth-order valence-corrected chi connectivity index (χ4v) is 3.58. The van der Waals surface area contributed by atoms with E-state index < -0.39 is 0 Å². The van der Waals surface area contributed by atoms with E-state index in [0.29, 0.717) is 30.2 Å². The van der Waals surface area contributed by atoms with Crippen molar-refractivity contribution in [1.29, 1.82) is 0 Å². The van der Waals surface area contributed by atoms with Crippen molar-refractivity contribution in [3.63, 3.8) is 0 Å². The predicted molar refractivity (Wildman–Crippen MR) is 112 cm³/mol. The average molecular weight is 408 g/mol. The van der Waals surface area contributed by atoms with Crippen LogP contribution in [0.5, 0.6) is 5.75 Å². The minimum atomic E-state index is -0.364. The van der Waals surface area contributed by atoms with Crippen molar-refractivity contribution >= 4 is 28.5 Å². The minimum absolute atomic E-state index is 0.107. The van der Waals surface area contributed by atoms with Gasteiger partial charge in [0, 0.05) is 19.3 Å². The molecule has 1 aromatic heterocycles. The first-order chi connectivity index (χ1) is 14.6. The van der Waals surface area contributed by atoms with Gasteiger partial charge < -0.3 is 24.7 Å². The highest BCUT2D eigenvalue weighted by molar-refractivity contribution is 6.06. The molecule has 0 bridgehead atoms. The van der Waals surface area contributed by atoms with Gasteiger partial charge in [0.15, 0.2) is 0 Å². The highest BCUT2D eigenvalue weighted by Gasteiger charge is 2.23. The molecule has 0 radical (unpaired) electrons. The molecule has 0 aliphatic carbocycles. The summed E-state index contributed by atoms with van der Waals surface area (Å²) in [5.74, 6) is 0.874. The number of amides is 2. The van der Waals surface area contributed by atoms with Crippen LogP contribution in [0, 0.1) is 0 Å². The molecule has 8 nitrogen and oxygen atoms in total. The summed E-state index contributed by atoms with van der Waals surface area (Å²) in [5, 5.41) is 5.78. The van der Waals surface area contributed by atoms with Crippen molar-refractivity contribution in [2.24, 2.45) is 7.05 Å². The first-order valence-electron chi connectivity index (χ1n) is 9.86. The summed E-state index contributed by atoms with van der Waals surface area (Å²) in [4.78, 5) is 29.4. The van der Waals surface area contributed by atoms with Gasteiger partial charge in [0.05, 0.1) is 30.3 Å². The topological polar surface area (TPSA) is 94.5 Å². The largest absolute Gasteiger partial charge is 0.496 e. The molecular formula is C22H24N4O4. The summed E-state index contributed by atoms with van der Waals surface area (Å²) in [6, 6.07) is 12.6. The van der Waals surface area contributed by atoms with Crippen LogP contribution >= 0.6 is 0 Å². The lowest BCUT2D eigenvalue weighted by Crippen LogP contribution is -2.34. The number of aryl methyl sites for hydroxylation is 1. The Kier molecular flexibility index (Phi) is 5.67. The number of aromatic nitrogens is 2. The molecule has 2 N–H and O–H groups in total. The van der Waals surface area contributed by atoms with Gasteiger partial charge in [0.2, 0.25) is 5.91 Å². The second kappa shape index (κ2) is 8.54. The van der Waals surface area contributed by atoms with E-state index in [-0.39, 0.29) is 17.9 Å². The van der Waals surface area contributed by atoms with Gasteiger partial charge in [-0.1, -0.05) is 12.1 Å². The number of rotatable bonds is 6. The fourth-order valence-electron chi connectivity index (χ4n) is 3.58. The number of methoxy groups -OCH3 is 1. The zero-order valence-corrected chi connectivity index (χ0v) is 17.0. The number of anilines is 1. The molecule has 1 aliphatic heterocycles. The van der Waals surface area contributed by atoms with E-state index in [1.54, 1.807) is 18.2 Å².